The first-order valence-corrected chi connectivity index (χ1v) is 7.63. The molecule has 1 rings (SSSR count). The molecule has 0 aliphatic carbocycles. The Bertz CT molecular complexity index is 431. The Hall–Kier alpha value is -0.910. The van der Waals surface area contributed by atoms with Crippen LogP contribution < -0.4 is 5.73 Å². The van der Waals surface area contributed by atoms with Gasteiger partial charge in [-0.05, 0) is 12.6 Å². The molecule has 0 saturated heterocycles. The first kappa shape index (κ1) is 14.2. The van der Waals surface area contributed by atoms with E-state index in [1.807, 2.05) is 42.3 Å². The third-order valence-electron chi connectivity index (χ3n) is 2.75. The van der Waals surface area contributed by atoms with Crippen LogP contribution >= 0.6 is 0 Å². The largest absolute Gasteiger partial charge is 0.329 e. The molecule has 0 spiro atoms. The van der Waals surface area contributed by atoms with Crippen LogP contribution in [0.1, 0.15) is 11.6 Å². The zero-order chi connectivity index (χ0) is 12.9. The quantitative estimate of drug-likeness (QED) is 0.812. The second-order valence-electron chi connectivity index (χ2n) is 4.27. The number of nitrogens with zero attached hydrogens (tertiary/aromatic N) is 1. The lowest BCUT2D eigenvalue weighted by atomic mass is 10.1. The molecule has 17 heavy (non-hydrogen) atoms. The predicted octanol–water partition coefficient (Wildman–Crippen LogP) is 0.663. The van der Waals surface area contributed by atoms with Crippen LogP contribution in [0, 0.1) is 0 Å². The van der Waals surface area contributed by atoms with Crippen molar-refractivity contribution in [1.82, 2.24) is 4.90 Å². The first-order valence-electron chi connectivity index (χ1n) is 5.57. The molecule has 1 unspecified atom stereocenters. The van der Waals surface area contributed by atoms with Gasteiger partial charge in [0.05, 0.1) is 5.75 Å². The Morgan fingerprint density at radius 1 is 1.29 bits per heavy atom. The van der Waals surface area contributed by atoms with E-state index in [1.165, 1.54) is 6.26 Å². The minimum Gasteiger partial charge on any atom is -0.329 e. The number of sulfone groups is 1. The highest BCUT2D eigenvalue weighted by molar-refractivity contribution is 7.90. The molecule has 4 nitrogen and oxygen atoms in total. The van der Waals surface area contributed by atoms with E-state index in [2.05, 4.69) is 0 Å². The molecule has 2 N–H and O–H groups in total. The highest BCUT2D eigenvalue weighted by Gasteiger charge is 2.16. The zero-order valence-electron chi connectivity index (χ0n) is 10.3. The molecule has 0 aliphatic rings. The molecule has 96 valence electrons. The molecule has 0 heterocycles. The van der Waals surface area contributed by atoms with Crippen LogP contribution in [-0.2, 0) is 9.84 Å². The standard InChI is InChI=1S/C12H20N2O2S/c1-14(8-9-17(2,15)16)12(10-13)11-6-4-3-5-7-11/h3-7,12H,8-10,13H2,1-2H3. The Kier molecular flexibility index (Phi) is 5.11. The maximum atomic E-state index is 11.1. The number of rotatable bonds is 6. The monoisotopic (exact) mass is 256 g/mol. The summed E-state index contributed by atoms with van der Waals surface area (Å²) in [4.78, 5) is 1.98. The van der Waals surface area contributed by atoms with E-state index in [1.54, 1.807) is 0 Å². The van der Waals surface area contributed by atoms with Crippen molar-refractivity contribution in [2.45, 2.75) is 6.04 Å². The van der Waals surface area contributed by atoms with Crippen LogP contribution in [-0.4, -0.2) is 45.5 Å². The third kappa shape index (κ3) is 4.85. The van der Waals surface area contributed by atoms with E-state index >= 15 is 0 Å². The van der Waals surface area contributed by atoms with E-state index in [9.17, 15) is 8.42 Å². The van der Waals surface area contributed by atoms with Crippen molar-refractivity contribution in [3.63, 3.8) is 0 Å². The molecule has 1 aromatic carbocycles. The fraction of sp³-hybridized carbons (Fsp3) is 0.500. The molecule has 1 atom stereocenters. The van der Waals surface area contributed by atoms with Crippen molar-refractivity contribution in [2.75, 3.05) is 32.1 Å². The summed E-state index contributed by atoms with van der Waals surface area (Å²) in [7, 11) is -1.03. The summed E-state index contributed by atoms with van der Waals surface area (Å²) in [5.41, 5.74) is 6.87. The van der Waals surface area contributed by atoms with Gasteiger partial charge in [0.2, 0.25) is 0 Å². The lowest BCUT2D eigenvalue weighted by Gasteiger charge is -2.27. The fourth-order valence-corrected chi connectivity index (χ4v) is 2.33. The van der Waals surface area contributed by atoms with Gasteiger partial charge in [-0.2, -0.15) is 0 Å². The van der Waals surface area contributed by atoms with Gasteiger partial charge in [-0.3, -0.25) is 4.90 Å². The first-order chi connectivity index (χ1) is 7.94. The lowest BCUT2D eigenvalue weighted by Crippen LogP contribution is -2.33. The van der Waals surface area contributed by atoms with Crippen molar-refractivity contribution >= 4 is 9.84 Å². The van der Waals surface area contributed by atoms with Crippen LogP contribution in [0.3, 0.4) is 0 Å². The van der Waals surface area contributed by atoms with Crippen molar-refractivity contribution in [1.29, 1.82) is 0 Å². The summed E-state index contributed by atoms with van der Waals surface area (Å²) in [6.07, 6.45) is 1.25. The smallest absolute Gasteiger partial charge is 0.148 e. The Labute approximate surface area is 103 Å². The molecular formula is C12H20N2O2S. The summed E-state index contributed by atoms with van der Waals surface area (Å²) in [5.74, 6) is 0.160. The number of hydrogen-bond acceptors (Lipinski definition) is 4. The number of nitrogens with two attached hydrogens (primary N) is 1. The van der Waals surface area contributed by atoms with Crippen LogP contribution in [0.2, 0.25) is 0 Å². The van der Waals surface area contributed by atoms with Crippen molar-refractivity contribution in [3.8, 4) is 0 Å². The second kappa shape index (κ2) is 6.14. The van der Waals surface area contributed by atoms with Crippen LogP contribution in [0.4, 0.5) is 0 Å². The van der Waals surface area contributed by atoms with Gasteiger partial charge in [0.1, 0.15) is 9.84 Å². The minimum absolute atomic E-state index is 0.0675. The minimum atomic E-state index is -2.93. The second-order valence-corrected chi connectivity index (χ2v) is 6.53. The van der Waals surface area contributed by atoms with E-state index in [4.69, 9.17) is 5.73 Å². The Morgan fingerprint density at radius 3 is 2.35 bits per heavy atom. The normalized spacial score (nSPS) is 13.9. The number of likely N-dealkylation sites (N-methyl/N-ethyl adjacent to an activating group) is 1. The highest BCUT2D eigenvalue weighted by Crippen LogP contribution is 2.17. The third-order valence-corrected chi connectivity index (χ3v) is 3.68. The van der Waals surface area contributed by atoms with Gasteiger partial charge in [-0.15, -0.1) is 0 Å². The van der Waals surface area contributed by atoms with Gasteiger partial charge in [0, 0.05) is 25.4 Å². The van der Waals surface area contributed by atoms with E-state index in [-0.39, 0.29) is 11.8 Å². The van der Waals surface area contributed by atoms with Crippen LogP contribution in [0.5, 0.6) is 0 Å². The van der Waals surface area contributed by atoms with Crippen LogP contribution in [0.25, 0.3) is 0 Å². The summed E-state index contributed by atoms with van der Waals surface area (Å²) < 4.78 is 22.3. The number of benzene rings is 1. The highest BCUT2D eigenvalue weighted by atomic mass is 32.2. The van der Waals surface area contributed by atoms with Gasteiger partial charge in [-0.1, -0.05) is 30.3 Å². The van der Waals surface area contributed by atoms with Gasteiger partial charge < -0.3 is 5.73 Å². The van der Waals surface area contributed by atoms with E-state index in [0.29, 0.717) is 13.1 Å². The lowest BCUT2D eigenvalue weighted by molar-refractivity contribution is 0.264. The average Bonchev–Trinajstić information content (AvgIpc) is 2.28. The van der Waals surface area contributed by atoms with E-state index in [0.717, 1.165) is 5.56 Å². The van der Waals surface area contributed by atoms with Gasteiger partial charge >= 0.3 is 0 Å². The number of hydrogen-bond donors (Lipinski definition) is 1. The molecule has 0 amide bonds. The Morgan fingerprint density at radius 2 is 1.88 bits per heavy atom. The average molecular weight is 256 g/mol. The van der Waals surface area contributed by atoms with Crippen molar-refractivity contribution in [3.05, 3.63) is 35.9 Å². The maximum Gasteiger partial charge on any atom is 0.148 e. The topological polar surface area (TPSA) is 63.4 Å². The molecule has 5 heteroatoms. The van der Waals surface area contributed by atoms with Crippen molar-refractivity contribution in [2.24, 2.45) is 5.73 Å². The molecule has 0 aliphatic heterocycles. The summed E-state index contributed by atoms with van der Waals surface area (Å²) in [6, 6.07) is 9.96. The molecular weight excluding hydrogens is 236 g/mol. The fourth-order valence-electron chi connectivity index (χ4n) is 1.71. The van der Waals surface area contributed by atoms with Gasteiger partial charge in [0.15, 0.2) is 0 Å². The van der Waals surface area contributed by atoms with Crippen LogP contribution in [0.15, 0.2) is 30.3 Å². The van der Waals surface area contributed by atoms with Crippen molar-refractivity contribution < 1.29 is 8.42 Å². The summed E-state index contributed by atoms with van der Waals surface area (Å²) in [6.45, 7) is 0.972. The molecule has 0 aromatic heterocycles. The summed E-state index contributed by atoms with van der Waals surface area (Å²) in [5, 5.41) is 0. The summed E-state index contributed by atoms with van der Waals surface area (Å²) >= 11 is 0. The molecule has 0 bridgehead atoms. The van der Waals surface area contributed by atoms with Gasteiger partial charge in [-0.25, -0.2) is 8.42 Å². The van der Waals surface area contributed by atoms with E-state index < -0.39 is 9.84 Å². The molecule has 0 fully saturated rings. The zero-order valence-corrected chi connectivity index (χ0v) is 11.2. The SMILES string of the molecule is CN(CCS(C)(=O)=O)C(CN)c1ccccc1. The molecule has 1 aromatic rings. The Balaban J connectivity index is 2.68. The van der Waals surface area contributed by atoms with Gasteiger partial charge in [0.25, 0.3) is 0 Å². The molecule has 0 saturated carbocycles. The maximum absolute atomic E-state index is 11.1. The molecule has 0 radical (unpaired) electrons. The predicted molar refractivity (Wildman–Crippen MR) is 70.6 cm³/mol.